The van der Waals surface area contributed by atoms with E-state index in [9.17, 15) is 18.0 Å². The van der Waals surface area contributed by atoms with Gasteiger partial charge in [-0.1, -0.05) is 17.8 Å². The first-order valence-corrected chi connectivity index (χ1v) is 11.5. The summed E-state index contributed by atoms with van der Waals surface area (Å²) in [6.45, 7) is 4.08. The molecule has 8 nitrogen and oxygen atoms in total. The zero-order chi connectivity index (χ0) is 21.2. The van der Waals surface area contributed by atoms with Crippen molar-refractivity contribution < 1.29 is 22.7 Å². The lowest BCUT2D eigenvalue weighted by atomic mass is 10.1. The number of carbonyl (C=O) groups is 2. The first-order chi connectivity index (χ1) is 13.7. The molecule has 10 heteroatoms. The van der Waals surface area contributed by atoms with Crippen LogP contribution in [0.4, 0.5) is 5.13 Å². The number of carbonyl (C=O) groups excluding carboxylic acids is 2. The number of hydrogen-bond acceptors (Lipinski definition) is 7. The van der Waals surface area contributed by atoms with Crippen LogP contribution < -0.4 is 5.32 Å². The van der Waals surface area contributed by atoms with E-state index in [1.54, 1.807) is 6.92 Å². The van der Waals surface area contributed by atoms with Crippen molar-refractivity contribution in [3.8, 4) is 0 Å². The predicted octanol–water partition coefficient (Wildman–Crippen LogP) is 3.05. The zero-order valence-electron chi connectivity index (χ0n) is 16.5. The molecule has 1 saturated heterocycles. The van der Waals surface area contributed by atoms with Crippen LogP contribution in [0.5, 0.6) is 0 Å². The molecule has 0 saturated carbocycles. The molecule has 1 aromatic heterocycles. The fraction of sp³-hybridized carbons (Fsp3) is 0.421. The minimum Gasteiger partial charge on any atom is -0.465 e. The van der Waals surface area contributed by atoms with Crippen LogP contribution in [0.3, 0.4) is 0 Å². The maximum absolute atomic E-state index is 12.9. The minimum absolute atomic E-state index is 0.0334. The molecule has 0 spiro atoms. The molecule has 3 rings (SSSR count). The molecule has 1 fully saturated rings. The molecular formula is C19H23N3O5S2. The molecule has 1 aromatic carbocycles. The van der Waals surface area contributed by atoms with E-state index in [0.29, 0.717) is 22.7 Å². The molecule has 2 aromatic rings. The molecule has 1 atom stereocenters. The van der Waals surface area contributed by atoms with Crippen LogP contribution in [0.1, 0.15) is 51.9 Å². The molecule has 29 heavy (non-hydrogen) atoms. The van der Waals surface area contributed by atoms with Crippen LogP contribution in [-0.2, 0) is 14.8 Å². The summed E-state index contributed by atoms with van der Waals surface area (Å²) in [5.74, 6) is -0.951. The first kappa shape index (κ1) is 21.4. The third-order valence-electron chi connectivity index (χ3n) is 4.85. The lowest BCUT2D eigenvalue weighted by molar-refractivity contribution is 0.0605. The average molecular weight is 438 g/mol. The van der Waals surface area contributed by atoms with E-state index in [1.165, 1.54) is 35.7 Å². The van der Waals surface area contributed by atoms with Crippen molar-refractivity contribution in [2.24, 2.45) is 0 Å². The molecule has 1 amide bonds. The Morgan fingerprint density at radius 2 is 1.93 bits per heavy atom. The standard InChI is InChI=1S/C19H23N3O5S2/c1-12-6-4-5-11-22(12)29(25,26)15-9-7-14(8-10-15)17(23)21-19-20-13(2)16(28-19)18(24)27-3/h7-10,12H,4-6,11H2,1-3H3,(H,20,21,23). The molecule has 1 aliphatic heterocycles. The summed E-state index contributed by atoms with van der Waals surface area (Å²) in [6, 6.07) is 5.79. The number of ether oxygens (including phenoxy) is 1. The topological polar surface area (TPSA) is 106 Å². The number of amides is 1. The number of sulfonamides is 1. The van der Waals surface area contributed by atoms with Gasteiger partial charge in [0, 0.05) is 18.2 Å². The predicted molar refractivity (Wildman–Crippen MR) is 110 cm³/mol. The van der Waals surface area contributed by atoms with Crippen LogP contribution in [0.15, 0.2) is 29.2 Å². The third-order valence-corrected chi connectivity index (χ3v) is 7.93. The van der Waals surface area contributed by atoms with Gasteiger partial charge in [-0.15, -0.1) is 0 Å². The highest BCUT2D eigenvalue weighted by molar-refractivity contribution is 7.89. The molecule has 1 aliphatic rings. The van der Waals surface area contributed by atoms with E-state index < -0.39 is 21.9 Å². The summed E-state index contributed by atoms with van der Waals surface area (Å²) in [4.78, 5) is 28.8. The summed E-state index contributed by atoms with van der Waals surface area (Å²) < 4.78 is 32.0. The van der Waals surface area contributed by atoms with Crippen molar-refractivity contribution in [1.82, 2.24) is 9.29 Å². The highest BCUT2D eigenvalue weighted by Crippen LogP contribution is 2.26. The van der Waals surface area contributed by atoms with Gasteiger partial charge in [0.1, 0.15) is 4.88 Å². The Hall–Kier alpha value is -2.30. The largest absolute Gasteiger partial charge is 0.465 e. The number of thiazole rings is 1. The van der Waals surface area contributed by atoms with E-state index in [0.717, 1.165) is 30.6 Å². The lowest BCUT2D eigenvalue weighted by Crippen LogP contribution is -2.41. The molecule has 1 N–H and O–H groups in total. The normalized spacial score (nSPS) is 17.7. The molecular weight excluding hydrogens is 414 g/mol. The van der Waals surface area contributed by atoms with E-state index >= 15 is 0 Å². The highest BCUT2D eigenvalue weighted by atomic mass is 32.2. The molecule has 0 radical (unpaired) electrons. The fourth-order valence-corrected chi connectivity index (χ4v) is 5.82. The Labute approximate surface area is 173 Å². The van der Waals surface area contributed by atoms with Gasteiger partial charge in [0.15, 0.2) is 5.13 Å². The maximum Gasteiger partial charge on any atom is 0.350 e. The Balaban J connectivity index is 1.74. The van der Waals surface area contributed by atoms with Crippen LogP contribution in [0.25, 0.3) is 0 Å². The van der Waals surface area contributed by atoms with Crippen LogP contribution in [-0.4, -0.2) is 49.3 Å². The molecule has 1 unspecified atom stereocenters. The van der Waals surface area contributed by atoms with Gasteiger partial charge in [-0.05, 0) is 51.0 Å². The van der Waals surface area contributed by atoms with E-state index in [-0.39, 0.29) is 16.1 Å². The lowest BCUT2D eigenvalue weighted by Gasteiger charge is -2.32. The maximum atomic E-state index is 12.9. The van der Waals surface area contributed by atoms with Crippen molar-refractivity contribution in [3.05, 3.63) is 40.4 Å². The molecule has 0 aliphatic carbocycles. The second kappa shape index (κ2) is 8.60. The summed E-state index contributed by atoms with van der Waals surface area (Å²) >= 11 is 1.02. The van der Waals surface area contributed by atoms with Crippen molar-refractivity contribution in [2.45, 2.75) is 44.0 Å². The number of methoxy groups -OCH3 is 1. The Bertz CT molecular complexity index is 1010. The minimum atomic E-state index is -3.59. The van der Waals surface area contributed by atoms with Crippen molar-refractivity contribution in [3.63, 3.8) is 0 Å². The van der Waals surface area contributed by atoms with Gasteiger partial charge in [-0.3, -0.25) is 10.1 Å². The van der Waals surface area contributed by atoms with Gasteiger partial charge in [0.25, 0.3) is 5.91 Å². The summed E-state index contributed by atoms with van der Waals surface area (Å²) in [5, 5.41) is 2.90. The van der Waals surface area contributed by atoms with Gasteiger partial charge >= 0.3 is 5.97 Å². The Kier molecular flexibility index (Phi) is 6.35. The van der Waals surface area contributed by atoms with Crippen LogP contribution in [0, 0.1) is 6.92 Å². The van der Waals surface area contributed by atoms with Gasteiger partial charge in [-0.25, -0.2) is 18.2 Å². The average Bonchev–Trinajstić information content (AvgIpc) is 3.07. The number of aromatic nitrogens is 1. The number of nitrogens with zero attached hydrogens (tertiary/aromatic N) is 2. The summed E-state index contributed by atoms with van der Waals surface area (Å²) in [7, 11) is -2.31. The Morgan fingerprint density at radius 1 is 1.24 bits per heavy atom. The molecule has 156 valence electrons. The van der Waals surface area contributed by atoms with Crippen molar-refractivity contribution in [1.29, 1.82) is 0 Å². The third kappa shape index (κ3) is 4.49. The number of anilines is 1. The first-order valence-electron chi connectivity index (χ1n) is 9.23. The van der Waals surface area contributed by atoms with Crippen molar-refractivity contribution >= 4 is 38.4 Å². The smallest absolute Gasteiger partial charge is 0.350 e. The number of benzene rings is 1. The SMILES string of the molecule is COC(=O)c1sc(NC(=O)c2ccc(S(=O)(=O)N3CCCCC3C)cc2)nc1C. The number of rotatable bonds is 5. The quantitative estimate of drug-likeness (QED) is 0.721. The van der Waals surface area contributed by atoms with E-state index in [1.807, 2.05) is 6.92 Å². The second-order valence-electron chi connectivity index (χ2n) is 6.86. The summed E-state index contributed by atoms with van der Waals surface area (Å²) in [6.07, 6.45) is 2.73. The van der Waals surface area contributed by atoms with Gasteiger partial charge in [0.05, 0.1) is 17.7 Å². The highest BCUT2D eigenvalue weighted by Gasteiger charge is 2.31. The fourth-order valence-electron chi connectivity index (χ4n) is 3.24. The van der Waals surface area contributed by atoms with Crippen molar-refractivity contribution in [2.75, 3.05) is 19.0 Å². The Morgan fingerprint density at radius 3 is 2.55 bits per heavy atom. The van der Waals surface area contributed by atoms with Gasteiger partial charge < -0.3 is 4.74 Å². The second-order valence-corrected chi connectivity index (χ2v) is 9.75. The van der Waals surface area contributed by atoms with E-state index in [2.05, 4.69) is 15.0 Å². The zero-order valence-corrected chi connectivity index (χ0v) is 18.1. The van der Waals surface area contributed by atoms with E-state index in [4.69, 9.17) is 0 Å². The number of piperidine rings is 1. The summed E-state index contributed by atoms with van der Waals surface area (Å²) in [5.41, 5.74) is 0.761. The van der Waals surface area contributed by atoms with Crippen LogP contribution >= 0.6 is 11.3 Å². The van der Waals surface area contributed by atoms with Gasteiger partial charge in [-0.2, -0.15) is 4.31 Å². The molecule has 2 heterocycles. The number of nitrogens with one attached hydrogen (secondary N) is 1. The molecule has 0 bridgehead atoms. The number of hydrogen-bond donors (Lipinski definition) is 1. The van der Waals surface area contributed by atoms with Gasteiger partial charge in [0.2, 0.25) is 10.0 Å². The van der Waals surface area contributed by atoms with Crippen LogP contribution in [0.2, 0.25) is 0 Å². The number of aryl methyl sites for hydroxylation is 1. The number of esters is 1. The monoisotopic (exact) mass is 437 g/mol.